The second-order valence-corrected chi connectivity index (χ2v) is 8.04. The summed E-state index contributed by atoms with van der Waals surface area (Å²) in [6.45, 7) is 2.12. The second kappa shape index (κ2) is 8.74. The highest BCUT2D eigenvalue weighted by Gasteiger charge is 2.19. The van der Waals surface area contributed by atoms with Gasteiger partial charge in [0.1, 0.15) is 16.8 Å². The summed E-state index contributed by atoms with van der Waals surface area (Å²) >= 11 is 0. The van der Waals surface area contributed by atoms with Crippen molar-refractivity contribution < 1.29 is 4.79 Å². The lowest BCUT2D eigenvalue weighted by molar-refractivity contribution is 0.0937. The van der Waals surface area contributed by atoms with Crippen LogP contribution in [0, 0.1) is 5.41 Å². The van der Waals surface area contributed by atoms with Gasteiger partial charge in [0, 0.05) is 18.6 Å². The highest BCUT2D eigenvalue weighted by atomic mass is 16.2. The average molecular weight is 451 g/mol. The van der Waals surface area contributed by atoms with Gasteiger partial charge in [-0.3, -0.25) is 24.4 Å². The average Bonchev–Trinajstić information content (AvgIpc) is 2.87. The van der Waals surface area contributed by atoms with E-state index in [0.717, 1.165) is 11.1 Å². The van der Waals surface area contributed by atoms with Gasteiger partial charge in [-0.25, -0.2) is 4.98 Å². The zero-order valence-corrected chi connectivity index (χ0v) is 18.5. The maximum Gasteiger partial charge on any atom is 0.267 e. The van der Waals surface area contributed by atoms with Crippen molar-refractivity contribution in [1.29, 1.82) is 5.41 Å². The van der Waals surface area contributed by atoms with Gasteiger partial charge in [-0.2, -0.15) is 0 Å². The lowest BCUT2D eigenvalue weighted by Crippen LogP contribution is -2.36. The molecule has 1 aromatic carbocycles. The SMILES string of the molecule is C[C@H](NC(=O)c1cc2c(=O)n3ccccc3nc2n(Cc2cccnc2)c1=N)c1ccccc1. The summed E-state index contributed by atoms with van der Waals surface area (Å²) in [7, 11) is 0. The molecule has 0 unspecified atom stereocenters. The van der Waals surface area contributed by atoms with Crippen LogP contribution >= 0.6 is 0 Å². The molecule has 34 heavy (non-hydrogen) atoms. The topological polar surface area (TPSA) is 105 Å². The molecule has 0 aliphatic carbocycles. The number of benzene rings is 1. The Hall–Kier alpha value is -4.59. The van der Waals surface area contributed by atoms with Gasteiger partial charge >= 0.3 is 0 Å². The summed E-state index contributed by atoms with van der Waals surface area (Å²) in [5.74, 6) is -0.430. The van der Waals surface area contributed by atoms with Crippen molar-refractivity contribution in [2.75, 3.05) is 0 Å². The predicted octanol–water partition coefficient (Wildman–Crippen LogP) is 3.06. The number of nitrogens with one attached hydrogen (secondary N) is 2. The molecule has 4 heterocycles. The minimum Gasteiger partial charge on any atom is -0.345 e. The van der Waals surface area contributed by atoms with Gasteiger partial charge in [-0.1, -0.05) is 42.5 Å². The molecule has 1 atom stereocenters. The number of rotatable bonds is 5. The van der Waals surface area contributed by atoms with Crippen LogP contribution in [0.15, 0.2) is 90.1 Å². The minimum absolute atomic E-state index is 0.0266. The van der Waals surface area contributed by atoms with E-state index in [2.05, 4.69) is 15.3 Å². The standard InChI is InChI=1S/C26H22N6O2/c1-17(19-9-3-2-4-10-19)29-25(33)20-14-21-24(30-22-11-5-6-13-31(22)26(21)34)32(23(20)27)16-18-8-7-12-28-15-18/h2-15,17,27H,16H2,1H3,(H,29,33)/t17-/m0/s1. The fourth-order valence-electron chi connectivity index (χ4n) is 3.99. The molecule has 8 nitrogen and oxygen atoms in total. The number of pyridine rings is 3. The zero-order chi connectivity index (χ0) is 23.7. The molecule has 4 aromatic heterocycles. The molecular weight excluding hydrogens is 428 g/mol. The molecule has 0 saturated heterocycles. The molecule has 5 rings (SSSR count). The van der Waals surface area contributed by atoms with Crippen LogP contribution in [0.5, 0.6) is 0 Å². The number of fused-ring (bicyclic) bond motifs is 2. The first kappa shape index (κ1) is 21.3. The van der Waals surface area contributed by atoms with Crippen molar-refractivity contribution in [3.8, 4) is 0 Å². The smallest absolute Gasteiger partial charge is 0.267 e. The molecule has 0 bridgehead atoms. The van der Waals surface area contributed by atoms with Crippen LogP contribution < -0.4 is 16.4 Å². The van der Waals surface area contributed by atoms with Crippen LogP contribution in [0.25, 0.3) is 16.7 Å². The van der Waals surface area contributed by atoms with Gasteiger partial charge in [0.15, 0.2) is 0 Å². The summed E-state index contributed by atoms with van der Waals surface area (Å²) in [4.78, 5) is 35.4. The Morgan fingerprint density at radius 2 is 1.88 bits per heavy atom. The van der Waals surface area contributed by atoms with Crippen LogP contribution in [0.3, 0.4) is 0 Å². The lowest BCUT2D eigenvalue weighted by atomic mass is 10.1. The number of aromatic nitrogens is 4. The van der Waals surface area contributed by atoms with E-state index in [1.807, 2.05) is 43.3 Å². The number of carbonyl (C=O) groups is 1. The van der Waals surface area contributed by atoms with E-state index in [-0.39, 0.29) is 34.6 Å². The first-order valence-corrected chi connectivity index (χ1v) is 10.9. The van der Waals surface area contributed by atoms with Gasteiger partial charge in [0.25, 0.3) is 11.5 Å². The third-order valence-electron chi connectivity index (χ3n) is 5.77. The van der Waals surface area contributed by atoms with Gasteiger partial charge < -0.3 is 9.88 Å². The Bertz CT molecular complexity index is 1620. The Kier molecular flexibility index (Phi) is 5.47. The van der Waals surface area contributed by atoms with Gasteiger partial charge in [-0.15, -0.1) is 0 Å². The van der Waals surface area contributed by atoms with E-state index >= 15 is 0 Å². The van der Waals surface area contributed by atoms with E-state index in [9.17, 15) is 9.59 Å². The molecule has 0 radical (unpaired) electrons. The van der Waals surface area contributed by atoms with Crippen molar-refractivity contribution in [1.82, 2.24) is 24.3 Å². The van der Waals surface area contributed by atoms with E-state index in [1.54, 1.807) is 47.4 Å². The molecule has 0 spiro atoms. The van der Waals surface area contributed by atoms with Crippen LogP contribution in [0.4, 0.5) is 0 Å². The third kappa shape index (κ3) is 3.86. The summed E-state index contributed by atoms with van der Waals surface area (Å²) < 4.78 is 3.03. The summed E-state index contributed by atoms with van der Waals surface area (Å²) in [5.41, 5.74) is 2.36. The summed E-state index contributed by atoms with van der Waals surface area (Å²) in [5, 5.41) is 12.1. The molecular formula is C26H22N6O2. The Morgan fingerprint density at radius 3 is 2.65 bits per heavy atom. The van der Waals surface area contributed by atoms with Crippen molar-refractivity contribution >= 4 is 22.6 Å². The first-order chi connectivity index (χ1) is 16.5. The summed E-state index contributed by atoms with van der Waals surface area (Å²) in [6.07, 6.45) is 5.00. The fourth-order valence-corrected chi connectivity index (χ4v) is 3.99. The highest BCUT2D eigenvalue weighted by Crippen LogP contribution is 2.15. The van der Waals surface area contributed by atoms with Crippen molar-refractivity contribution in [2.45, 2.75) is 19.5 Å². The molecule has 5 aromatic rings. The number of carbonyl (C=O) groups excluding carboxylic acids is 1. The van der Waals surface area contributed by atoms with Crippen molar-refractivity contribution in [3.63, 3.8) is 0 Å². The quantitative estimate of drug-likeness (QED) is 0.402. The van der Waals surface area contributed by atoms with E-state index in [0.29, 0.717) is 11.3 Å². The van der Waals surface area contributed by atoms with E-state index in [4.69, 9.17) is 5.41 Å². The number of amides is 1. The molecule has 0 aliphatic heterocycles. The van der Waals surface area contributed by atoms with Gasteiger partial charge in [0.05, 0.1) is 23.5 Å². The lowest BCUT2D eigenvalue weighted by Gasteiger charge is -2.17. The molecule has 0 aliphatic rings. The van der Waals surface area contributed by atoms with Crippen LogP contribution in [0.2, 0.25) is 0 Å². The van der Waals surface area contributed by atoms with Crippen LogP contribution in [-0.4, -0.2) is 24.8 Å². The van der Waals surface area contributed by atoms with Crippen LogP contribution in [-0.2, 0) is 6.54 Å². The zero-order valence-electron chi connectivity index (χ0n) is 18.5. The normalized spacial score (nSPS) is 12.0. The minimum atomic E-state index is -0.430. The maximum atomic E-state index is 13.3. The predicted molar refractivity (Wildman–Crippen MR) is 128 cm³/mol. The highest BCUT2D eigenvalue weighted by molar-refractivity contribution is 5.97. The monoisotopic (exact) mass is 450 g/mol. The Labute approximate surface area is 194 Å². The Morgan fingerprint density at radius 1 is 1.09 bits per heavy atom. The van der Waals surface area contributed by atoms with Crippen molar-refractivity contribution in [2.24, 2.45) is 0 Å². The number of hydrogen-bond donors (Lipinski definition) is 2. The maximum absolute atomic E-state index is 13.3. The van der Waals surface area contributed by atoms with E-state index < -0.39 is 5.91 Å². The molecule has 1 amide bonds. The molecule has 2 N–H and O–H groups in total. The second-order valence-electron chi connectivity index (χ2n) is 8.04. The number of nitrogens with zero attached hydrogens (tertiary/aromatic N) is 4. The van der Waals surface area contributed by atoms with Crippen molar-refractivity contribution in [3.05, 3.63) is 118 Å². The fraction of sp³-hybridized carbons (Fsp3) is 0.115. The molecule has 0 saturated carbocycles. The first-order valence-electron chi connectivity index (χ1n) is 10.9. The van der Waals surface area contributed by atoms with E-state index in [1.165, 1.54) is 10.5 Å². The summed E-state index contributed by atoms with van der Waals surface area (Å²) in [6, 6.07) is 19.7. The Balaban J connectivity index is 1.69. The van der Waals surface area contributed by atoms with Gasteiger partial charge in [-0.05, 0) is 42.3 Å². The van der Waals surface area contributed by atoms with Gasteiger partial charge in [0.2, 0.25) is 0 Å². The molecule has 8 heteroatoms. The third-order valence-corrected chi connectivity index (χ3v) is 5.77. The number of hydrogen-bond acceptors (Lipinski definition) is 5. The van der Waals surface area contributed by atoms with Crippen LogP contribution in [0.1, 0.15) is 34.5 Å². The largest absolute Gasteiger partial charge is 0.345 e. The molecule has 0 fully saturated rings. The molecule has 168 valence electrons.